The molecule has 2 aromatic rings. The summed E-state index contributed by atoms with van der Waals surface area (Å²) in [5, 5.41) is 3.29. The highest BCUT2D eigenvalue weighted by atomic mass is 15.1. The molecule has 0 bridgehead atoms. The summed E-state index contributed by atoms with van der Waals surface area (Å²) in [4.78, 5) is 6.84. The number of hydrogen-bond acceptors (Lipinski definition) is 3. The molecule has 1 unspecified atom stereocenters. The summed E-state index contributed by atoms with van der Waals surface area (Å²) in [6.45, 7) is 5.22. The molecule has 1 aromatic carbocycles. The van der Waals surface area contributed by atoms with Gasteiger partial charge < -0.3 is 10.2 Å². The first kappa shape index (κ1) is 15.5. The van der Waals surface area contributed by atoms with Crippen LogP contribution in [0.1, 0.15) is 36.2 Å². The molecular formula is C18H25N3. The van der Waals surface area contributed by atoms with Gasteiger partial charge in [-0.1, -0.05) is 31.2 Å². The van der Waals surface area contributed by atoms with Crippen molar-refractivity contribution in [1.82, 2.24) is 10.3 Å². The van der Waals surface area contributed by atoms with Gasteiger partial charge >= 0.3 is 0 Å². The normalized spacial score (nSPS) is 12.2. The fourth-order valence-electron chi connectivity index (χ4n) is 2.52. The Bertz CT molecular complexity index is 559. The van der Waals surface area contributed by atoms with Crippen LogP contribution in [-0.4, -0.2) is 19.1 Å². The molecule has 3 heteroatoms. The van der Waals surface area contributed by atoms with Crippen molar-refractivity contribution in [2.45, 2.75) is 32.9 Å². The first-order chi connectivity index (χ1) is 10.2. The molecule has 0 saturated carbocycles. The molecule has 1 heterocycles. The molecule has 1 N–H and O–H groups in total. The highest BCUT2D eigenvalue weighted by Crippen LogP contribution is 2.19. The van der Waals surface area contributed by atoms with Gasteiger partial charge in [-0.2, -0.15) is 0 Å². The van der Waals surface area contributed by atoms with Crippen molar-refractivity contribution in [3.05, 3.63) is 59.4 Å². The molecule has 112 valence electrons. The molecule has 2 rings (SSSR count). The van der Waals surface area contributed by atoms with E-state index in [-0.39, 0.29) is 0 Å². The standard InChI is InChI=1S/C18H25N3/c1-5-17(19-3)18-11-10-16(12-20-18)21(4)13-15-9-7-6-8-14(15)2/h6-12,17,19H,5,13H2,1-4H3. The van der Waals surface area contributed by atoms with Gasteiger partial charge in [-0.05, 0) is 43.7 Å². The van der Waals surface area contributed by atoms with E-state index in [4.69, 9.17) is 0 Å². The van der Waals surface area contributed by atoms with Gasteiger partial charge in [-0.15, -0.1) is 0 Å². The molecule has 0 spiro atoms. The number of nitrogens with one attached hydrogen (secondary N) is 1. The van der Waals surface area contributed by atoms with Crippen LogP contribution in [-0.2, 0) is 6.54 Å². The van der Waals surface area contributed by atoms with E-state index >= 15 is 0 Å². The van der Waals surface area contributed by atoms with Crippen LogP contribution in [0.3, 0.4) is 0 Å². The van der Waals surface area contributed by atoms with Crippen molar-refractivity contribution < 1.29 is 0 Å². The average Bonchev–Trinajstić information content (AvgIpc) is 2.51. The maximum absolute atomic E-state index is 4.60. The summed E-state index contributed by atoms with van der Waals surface area (Å²) >= 11 is 0. The Balaban J connectivity index is 2.10. The summed E-state index contributed by atoms with van der Waals surface area (Å²) in [6.07, 6.45) is 3.01. The van der Waals surface area contributed by atoms with E-state index < -0.39 is 0 Å². The van der Waals surface area contributed by atoms with E-state index in [1.54, 1.807) is 0 Å². The lowest BCUT2D eigenvalue weighted by Gasteiger charge is -2.21. The zero-order valence-electron chi connectivity index (χ0n) is 13.4. The molecule has 0 amide bonds. The maximum Gasteiger partial charge on any atom is 0.0574 e. The summed E-state index contributed by atoms with van der Waals surface area (Å²) in [5.74, 6) is 0. The zero-order valence-corrected chi connectivity index (χ0v) is 13.4. The molecule has 0 radical (unpaired) electrons. The van der Waals surface area contributed by atoms with Gasteiger partial charge in [0, 0.05) is 19.6 Å². The number of hydrogen-bond donors (Lipinski definition) is 1. The number of pyridine rings is 1. The summed E-state index contributed by atoms with van der Waals surface area (Å²) in [7, 11) is 4.09. The molecule has 0 aliphatic rings. The van der Waals surface area contributed by atoms with Gasteiger partial charge in [0.25, 0.3) is 0 Å². The third-order valence-corrected chi connectivity index (χ3v) is 3.99. The molecule has 0 fully saturated rings. The monoisotopic (exact) mass is 283 g/mol. The SMILES string of the molecule is CCC(NC)c1ccc(N(C)Cc2ccccc2C)cn1. The van der Waals surface area contributed by atoms with Crippen LogP contribution in [0.5, 0.6) is 0 Å². The largest absolute Gasteiger partial charge is 0.369 e. The second kappa shape index (κ2) is 7.23. The predicted molar refractivity (Wildman–Crippen MR) is 89.6 cm³/mol. The van der Waals surface area contributed by atoms with E-state index in [2.05, 4.69) is 72.5 Å². The first-order valence-corrected chi connectivity index (χ1v) is 7.54. The lowest BCUT2D eigenvalue weighted by Crippen LogP contribution is -2.19. The van der Waals surface area contributed by atoms with Crippen LogP contribution < -0.4 is 10.2 Å². The van der Waals surface area contributed by atoms with Gasteiger partial charge in [-0.25, -0.2) is 0 Å². The van der Waals surface area contributed by atoms with Gasteiger partial charge in [-0.3, -0.25) is 4.98 Å². The van der Waals surface area contributed by atoms with E-state index in [1.165, 1.54) is 11.1 Å². The fraction of sp³-hybridized carbons (Fsp3) is 0.389. The van der Waals surface area contributed by atoms with Crippen molar-refractivity contribution in [2.24, 2.45) is 0 Å². The minimum Gasteiger partial charge on any atom is -0.369 e. The molecule has 1 aromatic heterocycles. The topological polar surface area (TPSA) is 28.2 Å². The Morgan fingerprint density at radius 2 is 1.95 bits per heavy atom. The van der Waals surface area contributed by atoms with Crippen molar-refractivity contribution in [2.75, 3.05) is 19.0 Å². The highest BCUT2D eigenvalue weighted by Gasteiger charge is 2.09. The van der Waals surface area contributed by atoms with Gasteiger partial charge in [0.05, 0.1) is 17.6 Å². The molecular weight excluding hydrogens is 258 g/mol. The number of anilines is 1. The second-order valence-corrected chi connectivity index (χ2v) is 5.47. The Kier molecular flexibility index (Phi) is 5.34. The predicted octanol–water partition coefficient (Wildman–Crippen LogP) is 3.70. The third-order valence-electron chi connectivity index (χ3n) is 3.99. The molecule has 0 aliphatic heterocycles. The quantitative estimate of drug-likeness (QED) is 0.876. The van der Waals surface area contributed by atoms with Gasteiger partial charge in [0.1, 0.15) is 0 Å². The number of nitrogens with zero attached hydrogens (tertiary/aromatic N) is 2. The summed E-state index contributed by atoms with van der Waals surface area (Å²) in [5.41, 5.74) is 4.93. The van der Waals surface area contributed by atoms with Crippen LogP contribution in [0.15, 0.2) is 42.6 Å². The van der Waals surface area contributed by atoms with Crippen LogP contribution >= 0.6 is 0 Å². The van der Waals surface area contributed by atoms with Crippen LogP contribution in [0, 0.1) is 6.92 Å². The number of rotatable bonds is 6. The Morgan fingerprint density at radius 3 is 2.52 bits per heavy atom. The van der Waals surface area contributed by atoms with Crippen molar-refractivity contribution >= 4 is 5.69 Å². The van der Waals surface area contributed by atoms with Crippen molar-refractivity contribution in [3.63, 3.8) is 0 Å². The third kappa shape index (κ3) is 3.82. The average molecular weight is 283 g/mol. The van der Waals surface area contributed by atoms with Crippen LogP contribution in [0.25, 0.3) is 0 Å². The lowest BCUT2D eigenvalue weighted by atomic mass is 10.1. The molecule has 3 nitrogen and oxygen atoms in total. The zero-order chi connectivity index (χ0) is 15.2. The maximum atomic E-state index is 4.60. The van der Waals surface area contributed by atoms with Gasteiger partial charge in [0.15, 0.2) is 0 Å². The van der Waals surface area contributed by atoms with E-state index in [1.807, 2.05) is 13.2 Å². The van der Waals surface area contributed by atoms with E-state index in [9.17, 15) is 0 Å². The molecule has 0 aliphatic carbocycles. The smallest absolute Gasteiger partial charge is 0.0574 e. The Hall–Kier alpha value is -1.87. The van der Waals surface area contributed by atoms with Gasteiger partial charge in [0.2, 0.25) is 0 Å². The Morgan fingerprint density at radius 1 is 1.19 bits per heavy atom. The highest BCUT2D eigenvalue weighted by molar-refractivity contribution is 5.45. The van der Waals surface area contributed by atoms with E-state index in [0.717, 1.165) is 24.3 Å². The minimum absolute atomic E-state index is 0.334. The fourth-order valence-corrected chi connectivity index (χ4v) is 2.52. The van der Waals surface area contributed by atoms with Crippen molar-refractivity contribution in [1.29, 1.82) is 0 Å². The second-order valence-electron chi connectivity index (χ2n) is 5.47. The first-order valence-electron chi connectivity index (χ1n) is 7.54. The Labute approximate surface area is 128 Å². The van der Waals surface area contributed by atoms with Crippen molar-refractivity contribution in [3.8, 4) is 0 Å². The molecule has 21 heavy (non-hydrogen) atoms. The number of aryl methyl sites for hydroxylation is 1. The summed E-state index contributed by atoms with van der Waals surface area (Å²) in [6, 6.07) is 13.1. The molecule has 0 saturated heterocycles. The van der Waals surface area contributed by atoms with Crippen LogP contribution in [0.2, 0.25) is 0 Å². The number of aromatic nitrogens is 1. The minimum atomic E-state index is 0.334. The molecule has 1 atom stereocenters. The van der Waals surface area contributed by atoms with E-state index in [0.29, 0.717) is 6.04 Å². The summed E-state index contributed by atoms with van der Waals surface area (Å²) < 4.78 is 0. The van der Waals surface area contributed by atoms with Crippen LogP contribution in [0.4, 0.5) is 5.69 Å². The lowest BCUT2D eigenvalue weighted by molar-refractivity contribution is 0.561. The number of benzene rings is 1.